The number of nitrogens with zero attached hydrogens (tertiary/aromatic N) is 3. The van der Waals surface area contributed by atoms with Gasteiger partial charge in [0.15, 0.2) is 0 Å². The largest absolute Gasteiger partial charge is 0.353 e. The van der Waals surface area contributed by atoms with E-state index in [2.05, 4.69) is 61.4 Å². The quantitative estimate of drug-likeness (QED) is 0.202. The Morgan fingerprint density at radius 3 is 2.46 bits per heavy atom. The summed E-state index contributed by atoms with van der Waals surface area (Å²) in [6.07, 6.45) is 1.90. The highest BCUT2D eigenvalue weighted by Gasteiger charge is 2.16. The number of H-pyrrole nitrogens is 2. The zero-order valence-electron chi connectivity index (χ0n) is 23.2. The fourth-order valence-electron chi connectivity index (χ4n) is 4.80. The van der Waals surface area contributed by atoms with Crippen LogP contribution in [0.5, 0.6) is 0 Å². The average molecular weight is 523 g/mol. The first-order chi connectivity index (χ1) is 19.0. The lowest BCUT2D eigenvalue weighted by atomic mass is 9.99. The molecule has 6 aromatic rings. The summed E-state index contributed by atoms with van der Waals surface area (Å²) in [5, 5.41) is 12.9. The molecule has 0 atom stereocenters. The van der Waals surface area contributed by atoms with Crippen LogP contribution < -0.4 is 5.32 Å². The van der Waals surface area contributed by atoms with E-state index < -0.39 is 0 Å². The minimum Gasteiger partial charge on any atom is -0.353 e. The normalized spacial score (nSPS) is 10.7. The third-order valence-corrected chi connectivity index (χ3v) is 6.65. The summed E-state index contributed by atoms with van der Waals surface area (Å²) in [5.41, 5.74) is 8.57. The van der Waals surface area contributed by atoms with Gasteiger partial charge >= 0.3 is 0 Å². The molecule has 0 saturated heterocycles. The van der Waals surface area contributed by atoms with Gasteiger partial charge < -0.3 is 14.9 Å². The van der Waals surface area contributed by atoms with Crippen molar-refractivity contribution in [3.63, 3.8) is 0 Å². The number of hydrogen-bond acceptors (Lipinski definition) is 3. The highest BCUT2D eigenvalue weighted by Crippen LogP contribution is 2.35. The van der Waals surface area contributed by atoms with E-state index in [1.54, 1.807) is 12.1 Å². The number of aryl methyl sites for hydroxylation is 1. The summed E-state index contributed by atoms with van der Waals surface area (Å²) >= 11 is 0. The molecule has 6 nitrogen and oxygen atoms in total. The number of fused-ring (bicyclic) bond motifs is 2. The van der Waals surface area contributed by atoms with Crippen molar-refractivity contribution >= 4 is 21.8 Å². The van der Waals surface area contributed by atoms with Crippen LogP contribution in [0.2, 0.25) is 0 Å². The van der Waals surface area contributed by atoms with Crippen LogP contribution in [0.15, 0.2) is 80.0 Å². The fraction of sp³-hybridized carbons (Fsp3) is 0.188. The van der Waals surface area contributed by atoms with Crippen molar-refractivity contribution in [2.45, 2.75) is 27.3 Å². The van der Waals surface area contributed by atoms with Gasteiger partial charge in [-0.1, -0.05) is 32.0 Å². The minimum atomic E-state index is -0.239. The van der Waals surface area contributed by atoms with Gasteiger partial charge in [-0.05, 0) is 73.1 Å². The number of rotatable bonds is 5. The third-order valence-electron chi connectivity index (χ3n) is 6.65. The van der Waals surface area contributed by atoms with Gasteiger partial charge in [-0.3, -0.25) is 5.10 Å². The molecule has 6 rings (SSSR count). The van der Waals surface area contributed by atoms with Gasteiger partial charge in [0.05, 0.1) is 23.1 Å². The number of benzene rings is 3. The Bertz CT molecular complexity index is 1720. The Kier molecular flexibility index (Phi) is 8.42. The van der Waals surface area contributed by atoms with Gasteiger partial charge in [-0.15, -0.1) is 13.2 Å². The second kappa shape index (κ2) is 11.9. The number of aromatic amines is 2. The molecule has 39 heavy (non-hydrogen) atoms. The van der Waals surface area contributed by atoms with Crippen molar-refractivity contribution in [1.29, 1.82) is 0 Å². The van der Waals surface area contributed by atoms with E-state index in [4.69, 9.17) is 0 Å². The van der Waals surface area contributed by atoms with Crippen LogP contribution in [0.3, 0.4) is 0 Å². The molecule has 3 N–H and O–H groups in total. The van der Waals surface area contributed by atoms with Gasteiger partial charge in [-0.2, -0.15) is 5.10 Å². The van der Waals surface area contributed by atoms with Crippen LogP contribution in [0.4, 0.5) is 4.39 Å². The number of halogens is 1. The van der Waals surface area contributed by atoms with Crippen LogP contribution in [-0.4, -0.2) is 31.8 Å². The molecule has 0 fully saturated rings. The van der Waals surface area contributed by atoms with Crippen molar-refractivity contribution in [2.75, 3.05) is 7.05 Å². The Labute approximate surface area is 228 Å². The van der Waals surface area contributed by atoms with Crippen molar-refractivity contribution in [2.24, 2.45) is 7.05 Å². The van der Waals surface area contributed by atoms with Crippen molar-refractivity contribution in [3.8, 4) is 33.8 Å². The number of nitrogens with one attached hydrogen (secondary N) is 3. The fourth-order valence-corrected chi connectivity index (χ4v) is 4.80. The highest BCUT2D eigenvalue weighted by molar-refractivity contribution is 6.01. The molecule has 0 bridgehead atoms. The van der Waals surface area contributed by atoms with Crippen LogP contribution in [0.25, 0.3) is 55.6 Å². The molecule has 7 heteroatoms. The standard InChI is InChI=1S/C28H25FN6.C2H6.C2H4/c1-16-31-15-27(35(16)3)18-7-8-25-23(12-18)28(34-33-25)26-13-22-21(5-4-6-24(22)32-26)19-9-17(14-30-2)10-20(29)11-19;2*1-2/h4-13,15,30,32H,14H2,1-3H3,(H,33,34);1-2H3;1-2H2. The number of imidazole rings is 1. The molecule has 0 saturated carbocycles. The predicted octanol–water partition coefficient (Wildman–Crippen LogP) is 7.77. The Morgan fingerprint density at radius 1 is 0.949 bits per heavy atom. The van der Waals surface area contributed by atoms with Gasteiger partial charge in [0.25, 0.3) is 0 Å². The Hall–Kier alpha value is -4.49. The topological polar surface area (TPSA) is 74.3 Å². The average Bonchev–Trinajstić information content (AvgIpc) is 3.67. The molecule has 0 aliphatic rings. The van der Waals surface area contributed by atoms with Crippen molar-refractivity contribution in [1.82, 2.24) is 30.0 Å². The number of hydrogen-bond donors (Lipinski definition) is 3. The zero-order chi connectivity index (χ0) is 28.1. The molecule has 200 valence electrons. The first-order valence-electron chi connectivity index (χ1n) is 13.0. The van der Waals surface area contributed by atoms with Crippen LogP contribution in [-0.2, 0) is 13.6 Å². The summed E-state index contributed by atoms with van der Waals surface area (Å²) in [6.45, 7) is 12.6. The van der Waals surface area contributed by atoms with Gasteiger partial charge in [0, 0.05) is 35.4 Å². The van der Waals surface area contributed by atoms with E-state index in [0.29, 0.717) is 6.54 Å². The molecule has 3 aromatic heterocycles. The van der Waals surface area contributed by atoms with Gasteiger partial charge in [0.1, 0.15) is 17.3 Å². The van der Waals surface area contributed by atoms with Gasteiger partial charge in [0.2, 0.25) is 0 Å². The molecule has 0 aliphatic carbocycles. The van der Waals surface area contributed by atoms with Crippen molar-refractivity contribution < 1.29 is 4.39 Å². The predicted molar refractivity (Wildman–Crippen MR) is 161 cm³/mol. The maximum atomic E-state index is 14.4. The Balaban J connectivity index is 0.000000845. The Morgan fingerprint density at radius 2 is 1.74 bits per heavy atom. The summed E-state index contributed by atoms with van der Waals surface area (Å²) in [4.78, 5) is 7.96. The molecule has 0 aliphatic heterocycles. The van der Waals surface area contributed by atoms with E-state index in [1.807, 2.05) is 71.4 Å². The van der Waals surface area contributed by atoms with E-state index in [1.165, 1.54) is 0 Å². The summed E-state index contributed by atoms with van der Waals surface area (Å²) < 4.78 is 16.5. The summed E-state index contributed by atoms with van der Waals surface area (Å²) in [7, 11) is 3.88. The van der Waals surface area contributed by atoms with Crippen LogP contribution in [0.1, 0.15) is 25.2 Å². The van der Waals surface area contributed by atoms with Crippen molar-refractivity contribution in [3.05, 3.63) is 97.2 Å². The molecule has 0 unspecified atom stereocenters. The van der Waals surface area contributed by atoms with E-state index in [0.717, 1.165) is 67.0 Å². The minimum absolute atomic E-state index is 0.239. The molecule has 0 amide bonds. The lowest BCUT2D eigenvalue weighted by Gasteiger charge is -2.07. The molecule has 3 aromatic carbocycles. The molecule has 0 radical (unpaired) electrons. The number of aromatic nitrogens is 5. The van der Waals surface area contributed by atoms with Gasteiger partial charge in [-0.25, -0.2) is 9.37 Å². The zero-order valence-corrected chi connectivity index (χ0v) is 23.2. The van der Waals surface area contributed by atoms with E-state index in [-0.39, 0.29) is 5.82 Å². The lowest BCUT2D eigenvalue weighted by Crippen LogP contribution is -2.05. The van der Waals surface area contributed by atoms with Crippen LogP contribution >= 0.6 is 0 Å². The first-order valence-corrected chi connectivity index (χ1v) is 13.0. The second-order valence-corrected chi connectivity index (χ2v) is 8.91. The summed E-state index contributed by atoms with van der Waals surface area (Å²) in [6, 6.07) is 19.6. The molecule has 0 spiro atoms. The van der Waals surface area contributed by atoms with E-state index in [9.17, 15) is 4.39 Å². The maximum absolute atomic E-state index is 14.4. The summed E-state index contributed by atoms with van der Waals surface area (Å²) in [5.74, 6) is 0.725. The highest BCUT2D eigenvalue weighted by atomic mass is 19.1. The monoisotopic (exact) mass is 522 g/mol. The maximum Gasteiger partial charge on any atom is 0.124 e. The molecular formula is C32H35FN6. The first kappa shape index (κ1) is 27.5. The second-order valence-electron chi connectivity index (χ2n) is 8.91. The SMILES string of the molecule is C=C.CC.CNCc1cc(F)cc(-c2cccc3[nH]c(-c4n[nH]c5ccc(-c6cnc(C)n6C)cc45)cc23)c1. The van der Waals surface area contributed by atoms with E-state index >= 15 is 0 Å². The molecule has 3 heterocycles. The third kappa shape index (κ3) is 5.26. The molecular weight excluding hydrogens is 487 g/mol. The smallest absolute Gasteiger partial charge is 0.124 e. The lowest BCUT2D eigenvalue weighted by molar-refractivity contribution is 0.624. The van der Waals surface area contributed by atoms with Crippen LogP contribution in [0, 0.1) is 12.7 Å².